The van der Waals surface area contributed by atoms with E-state index in [-0.39, 0.29) is 36.0 Å². The summed E-state index contributed by atoms with van der Waals surface area (Å²) in [5.74, 6) is -0.763. The molecule has 3 rings (SSSR count). The Labute approximate surface area is 189 Å². The van der Waals surface area contributed by atoms with Gasteiger partial charge in [-0.15, -0.1) is 0 Å². The molecule has 1 aliphatic heterocycles. The molecule has 1 aliphatic rings. The zero-order chi connectivity index (χ0) is 23.3. The van der Waals surface area contributed by atoms with Crippen molar-refractivity contribution in [1.82, 2.24) is 9.21 Å². The number of hydrogen-bond donors (Lipinski definition) is 1. The van der Waals surface area contributed by atoms with Crippen molar-refractivity contribution < 1.29 is 22.7 Å². The van der Waals surface area contributed by atoms with Crippen LogP contribution in [-0.4, -0.2) is 69.3 Å². The van der Waals surface area contributed by atoms with Crippen molar-refractivity contribution >= 4 is 27.5 Å². The molecule has 0 radical (unpaired) electrons. The van der Waals surface area contributed by atoms with E-state index in [9.17, 15) is 18.0 Å². The molecule has 0 bridgehead atoms. The van der Waals surface area contributed by atoms with Gasteiger partial charge in [0.25, 0.3) is 5.91 Å². The Morgan fingerprint density at radius 1 is 1.09 bits per heavy atom. The van der Waals surface area contributed by atoms with E-state index >= 15 is 0 Å². The molecule has 0 saturated carbocycles. The highest BCUT2D eigenvalue weighted by Gasteiger charge is 2.29. The van der Waals surface area contributed by atoms with Gasteiger partial charge in [0.1, 0.15) is 0 Å². The molecule has 0 atom stereocenters. The van der Waals surface area contributed by atoms with Crippen LogP contribution in [0.1, 0.15) is 28.4 Å². The highest BCUT2D eigenvalue weighted by atomic mass is 32.2. The molecular weight excluding hydrogens is 430 g/mol. The average molecular weight is 460 g/mol. The summed E-state index contributed by atoms with van der Waals surface area (Å²) in [7, 11) is -2.24. The van der Waals surface area contributed by atoms with Crippen LogP contribution < -0.4 is 5.32 Å². The van der Waals surface area contributed by atoms with Gasteiger partial charge >= 0.3 is 0 Å². The van der Waals surface area contributed by atoms with E-state index in [1.165, 1.54) is 22.3 Å². The maximum absolute atomic E-state index is 13.2. The molecule has 1 N–H and O–H groups in total. The lowest BCUT2D eigenvalue weighted by Gasteiger charge is -2.27. The summed E-state index contributed by atoms with van der Waals surface area (Å²) in [6.07, 6.45) is 0.516. The number of ether oxygens (including phenoxy) is 1. The molecule has 0 aromatic heterocycles. The van der Waals surface area contributed by atoms with Gasteiger partial charge < -0.3 is 15.0 Å². The Hall–Kier alpha value is -2.75. The Kier molecular flexibility index (Phi) is 7.65. The van der Waals surface area contributed by atoms with Gasteiger partial charge in [-0.05, 0) is 43.2 Å². The van der Waals surface area contributed by atoms with Gasteiger partial charge in [0.05, 0.1) is 24.7 Å². The van der Waals surface area contributed by atoms with Crippen LogP contribution in [0.15, 0.2) is 47.4 Å². The van der Waals surface area contributed by atoms with Crippen LogP contribution in [0, 0.1) is 6.92 Å². The molecule has 2 aromatic rings. The molecular formula is C23H29N3O5S. The first kappa shape index (κ1) is 23.9. The average Bonchev–Trinajstić information content (AvgIpc) is 2.80. The minimum Gasteiger partial charge on any atom is -0.379 e. The van der Waals surface area contributed by atoms with Crippen molar-refractivity contribution in [2.45, 2.75) is 25.2 Å². The van der Waals surface area contributed by atoms with Crippen molar-refractivity contribution in [3.05, 3.63) is 59.2 Å². The number of sulfonamides is 1. The highest BCUT2D eigenvalue weighted by Crippen LogP contribution is 2.24. The number of hydrogen-bond acceptors (Lipinski definition) is 5. The number of nitrogens with zero attached hydrogens (tertiary/aromatic N) is 2. The highest BCUT2D eigenvalue weighted by molar-refractivity contribution is 7.89. The van der Waals surface area contributed by atoms with Crippen LogP contribution >= 0.6 is 0 Å². The number of morpholine rings is 1. The van der Waals surface area contributed by atoms with Gasteiger partial charge in [-0.1, -0.05) is 30.7 Å². The zero-order valence-corrected chi connectivity index (χ0v) is 19.4. The van der Waals surface area contributed by atoms with E-state index in [2.05, 4.69) is 5.32 Å². The number of benzene rings is 2. The number of likely N-dealkylation sites (N-methyl/N-ethyl adjacent to an activating group) is 1. The van der Waals surface area contributed by atoms with E-state index < -0.39 is 15.9 Å². The molecule has 1 saturated heterocycles. The molecule has 9 heteroatoms. The molecule has 1 fully saturated rings. The quantitative estimate of drug-likeness (QED) is 0.685. The van der Waals surface area contributed by atoms with Crippen molar-refractivity contribution in [2.75, 3.05) is 45.2 Å². The number of aryl methyl sites for hydroxylation is 2. The largest absolute Gasteiger partial charge is 0.379 e. The number of nitrogens with one attached hydrogen (secondary N) is 1. The first-order chi connectivity index (χ1) is 15.2. The van der Waals surface area contributed by atoms with Crippen LogP contribution in [0.4, 0.5) is 5.69 Å². The summed E-state index contributed by atoms with van der Waals surface area (Å²) >= 11 is 0. The second kappa shape index (κ2) is 10.2. The third-order valence-electron chi connectivity index (χ3n) is 5.35. The van der Waals surface area contributed by atoms with Gasteiger partial charge in [0, 0.05) is 31.4 Å². The van der Waals surface area contributed by atoms with Crippen molar-refractivity contribution in [1.29, 1.82) is 0 Å². The Balaban J connectivity index is 1.76. The first-order valence-corrected chi connectivity index (χ1v) is 12.0. The van der Waals surface area contributed by atoms with Crippen LogP contribution in [0.5, 0.6) is 0 Å². The van der Waals surface area contributed by atoms with Gasteiger partial charge in [-0.25, -0.2) is 8.42 Å². The summed E-state index contributed by atoms with van der Waals surface area (Å²) < 4.78 is 33.0. The normalized spacial score (nSPS) is 14.7. The fraction of sp³-hybridized carbons (Fsp3) is 0.391. The van der Waals surface area contributed by atoms with Gasteiger partial charge in [-0.2, -0.15) is 4.31 Å². The summed E-state index contributed by atoms with van der Waals surface area (Å²) in [5, 5.41) is 2.76. The van der Waals surface area contributed by atoms with E-state index in [1.54, 1.807) is 24.3 Å². The summed E-state index contributed by atoms with van der Waals surface area (Å²) in [4.78, 5) is 26.7. The van der Waals surface area contributed by atoms with Crippen LogP contribution in [0.3, 0.4) is 0 Å². The van der Waals surface area contributed by atoms with Crippen LogP contribution in [-0.2, 0) is 26.0 Å². The topological polar surface area (TPSA) is 96.0 Å². The molecule has 2 amide bonds. The predicted octanol–water partition coefficient (Wildman–Crippen LogP) is 2.29. The number of anilines is 1. The third-order valence-corrected chi connectivity index (χ3v) is 7.33. The van der Waals surface area contributed by atoms with E-state index in [0.717, 1.165) is 5.56 Å². The predicted molar refractivity (Wildman–Crippen MR) is 122 cm³/mol. The maximum atomic E-state index is 13.2. The van der Waals surface area contributed by atoms with E-state index in [0.29, 0.717) is 30.9 Å². The minimum absolute atomic E-state index is 0.130. The Bertz CT molecular complexity index is 1080. The molecule has 32 heavy (non-hydrogen) atoms. The summed E-state index contributed by atoms with van der Waals surface area (Å²) in [6.45, 7) is 4.92. The zero-order valence-electron chi connectivity index (χ0n) is 18.6. The number of amides is 2. The van der Waals surface area contributed by atoms with Crippen molar-refractivity contribution in [3.63, 3.8) is 0 Å². The Morgan fingerprint density at radius 2 is 1.75 bits per heavy atom. The lowest BCUT2D eigenvalue weighted by atomic mass is 10.1. The number of carbonyl (C=O) groups is 2. The molecule has 2 aromatic carbocycles. The van der Waals surface area contributed by atoms with Gasteiger partial charge in [-0.3, -0.25) is 9.59 Å². The van der Waals surface area contributed by atoms with Gasteiger partial charge in [0.15, 0.2) is 0 Å². The second-order valence-electron chi connectivity index (χ2n) is 7.77. The van der Waals surface area contributed by atoms with E-state index in [4.69, 9.17) is 4.74 Å². The lowest BCUT2D eigenvalue weighted by Crippen LogP contribution is -2.41. The second-order valence-corrected chi connectivity index (χ2v) is 9.67. The Morgan fingerprint density at radius 3 is 2.38 bits per heavy atom. The van der Waals surface area contributed by atoms with Crippen LogP contribution in [0.2, 0.25) is 0 Å². The summed E-state index contributed by atoms with van der Waals surface area (Å²) in [6, 6.07) is 12.0. The molecule has 0 spiro atoms. The molecule has 0 aliphatic carbocycles. The van der Waals surface area contributed by atoms with Crippen LogP contribution in [0.25, 0.3) is 0 Å². The SMILES string of the molecule is CCc1ccc(C(=O)N(C)CC(=O)Nc2ccc(C)cc2)cc1S(=O)(=O)N1CCOCC1. The first-order valence-electron chi connectivity index (χ1n) is 10.5. The monoisotopic (exact) mass is 459 g/mol. The minimum atomic E-state index is -3.75. The molecule has 8 nitrogen and oxygen atoms in total. The molecule has 0 unspecified atom stereocenters. The third kappa shape index (κ3) is 5.53. The van der Waals surface area contributed by atoms with E-state index in [1.807, 2.05) is 26.0 Å². The van der Waals surface area contributed by atoms with Crippen molar-refractivity contribution in [3.8, 4) is 0 Å². The fourth-order valence-electron chi connectivity index (χ4n) is 3.49. The molecule has 1 heterocycles. The maximum Gasteiger partial charge on any atom is 0.254 e. The molecule has 172 valence electrons. The van der Waals surface area contributed by atoms with Gasteiger partial charge in [0.2, 0.25) is 15.9 Å². The standard InChI is InChI=1S/C23H29N3O5S/c1-4-18-7-8-19(15-21(18)32(29,30)26-11-13-31-14-12-26)23(28)25(3)16-22(27)24-20-9-5-17(2)6-10-20/h5-10,15H,4,11-14,16H2,1-3H3,(H,24,27). The lowest BCUT2D eigenvalue weighted by molar-refractivity contribution is -0.116. The summed E-state index contributed by atoms with van der Waals surface area (Å²) in [5.41, 5.74) is 2.59. The fourth-order valence-corrected chi connectivity index (χ4v) is 5.22. The number of carbonyl (C=O) groups excluding carboxylic acids is 2. The smallest absolute Gasteiger partial charge is 0.254 e. The van der Waals surface area contributed by atoms with Crippen molar-refractivity contribution in [2.24, 2.45) is 0 Å². The number of rotatable bonds is 7.